The third-order valence-electron chi connectivity index (χ3n) is 4.13. The van der Waals surface area contributed by atoms with Crippen LogP contribution in [0.3, 0.4) is 0 Å². The summed E-state index contributed by atoms with van der Waals surface area (Å²) < 4.78 is 2.06. The summed E-state index contributed by atoms with van der Waals surface area (Å²) in [7, 11) is 0. The van der Waals surface area contributed by atoms with E-state index in [2.05, 4.69) is 62.2 Å². The Morgan fingerprint density at radius 2 is 2.10 bits per heavy atom. The maximum Gasteiger partial charge on any atom is 0.255 e. The molecule has 0 amide bonds. The number of nitrogens with one attached hydrogen (secondary N) is 1. The fraction of sp³-hybridized carbons (Fsp3) is 0.312. The largest absolute Gasteiger partial charge is 0.384 e. The van der Waals surface area contributed by atoms with Crippen molar-refractivity contribution < 1.29 is 0 Å². The summed E-state index contributed by atoms with van der Waals surface area (Å²) >= 11 is 0. The smallest absolute Gasteiger partial charge is 0.255 e. The van der Waals surface area contributed by atoms with Gasteiger partial charge in [0.05, 0.1) is 0 Å². The standard InChI is InChI=1S/C16H17N5/c1-10-7-11(2)21-15(19-20-16(21)18-10)8-12-9-17-14-6-4-3-5-13(12)14/h3-7,12,17H,8-9H2,1-2H3. The van der Waals surface area contributed by atoms with E-state index >= 15 is 0 Å². The summed E-state index contributed by atoms with van der Waals surface area (Å²) in [6, 6.07) is 10.6. The number of hydrogen-bond acceptors (Lipinski definition) is 4. The Bertz CT molecular complexity index is 821. The number of nitrogens with zero attached hydrogens (tertiary/aromatic N) is 4. The normalized spacial score (nSPS) is 17.0. The molecule has 106 valence electrons. The van der Waals surface area contributed by atoms with E-state index in [1.165, 1.54) is 11.3 Å². The molecule has 21 heavy (non-hydrogen) atoms. The summed E-state index contributed by atoms with van der Waals surface area (Å²) in [4.78, 5) is 4.45. The van der Waals surface area contributed by atoms with Crippen molar-refractivity contribution in [3.05, 3.63) is 53.1 Å². The summed E-state index contributed by atoms with van der Waals surface area (Å²) in [6.07, 6.45) is 0.872. The minimum atomic E-state index is 0.439. The Morgan fingerprint density at radius 3 is 3.00 bits per heavy atom. The summed E-state index contributed by atoms with van der Waals surface area (Å²) in [5, 5.41) is 12.0. The molecule has 4 rings (SSSR count). The minimum Gasteiger partial charge on any atom is -0.384 e. The third-order valence-corrected chi connectivity index (χ3v) is 4.13. The Hall–Kier alpha value is -2.43. The first-order valence-electron chi connectivity index (χ1n) is 7.23. The quantitative estimate of drug-likeness (QED) is 0.783. The van der Waals surface area contributed by atoms with Crippen LogP contribution in [0.25, 0.3) is 5.78 Å². The number of benzene rings is 1. The van der Waals surface area contributed by atoms with Crippen LogP contribution >= 0.6 is 0 Å². The van der Waals surface area contributed by atoms with Gasteiger partial charge in [-0.1, -0.05) is 18.2 Å². The SMILES string of the molecule is Cc1cc(C)n2c(CC3CNc4ccccc43)nnc2n1. The van der Waals surface area contributed by atoms with E-state index in [1.54, 1.807) is 0 Å². The molecule has 1 aliphatic rings. The van der Waals surface area contributed by atoms with Gasteiger partial charge in [0.25, 0.3) is 5.78 Å². The van der Waals surface area contributed by atoms with Gasteiger partial charge in [0.1, 0.15) is 5.82 Å². The van der Waals surface area contributed by atoms with Gasteiger partial charge in [0.15, 0.2) is 0 Å². The predicted octanol–water partition coefficient (Wildman–Crippen LogP) is 2.49. The number of hydrogen-bond donors (Lipinski definition) is 1. The second-order valence-corrected chi connectivity index (χ2v) is 5.66. The molecule has 1 N–H and O–H groups in total. The molecule has 0 fully saturated rings. The molecule has 3 heterocycles. The van der Waals surface area contributed by atoms with Crippen molar-refractivity contribution in [2.75, 3.05) is 11.9 Å². The summed E-state index contributed by atoms with van der Waals surface area (Å²) in [6.45, 7) is 5.01. The zero-order chi connectivity index (χ0) is 14.4. The maximum atomic E-state index is 4.45. The van der Waals surface area contributed by atoms with Crippen LogP contribution in [0.5, 0.6) is 0 Å². The van der Waals surface area contributed by atoms with E-state index in [0.29, 0.717) is 11.7 Å². The first-order chi connectivity index (χ1) is 10.2. The first kappa shape index (κ1) is 12.3. The second kappa shape index (κ2) is 4.55. The lowest BCUT2D eigenvalue weighted by Crippen LogP contribution is -2.09. The Kier molecular flexibility index (Phi) is 2.67. The number of rotatable bonds is 2. The molecule has 1 aliphatic heterocycles. The van der Waals surface area contributed by atoms with Crippen molar-refractivity contribution in [2.45, 2.75) is 26.2 Å². The molecule has 0 spiro atoms. The zero-order valence-corrected chi connectivity index (χ0v) is 12.2. The van der Waals surface area contributed by atoms with Gasteiger partial charge in [-0.3, -0.25) is 4.40 Å². The fourth-order valence-electron chi connectivity index (χ4n) is 3.19. The highest BCUT2D eigenvalue weighted by atomic mass is 15.3. The molecule has 3 aromatic rings. The van der Waals surface area contributed by atoms with Gasteiger partial charge in [-0.05, 0) is 31.5 Å². The predicted molar refractivity (Wildman–Crippen MR) is 81.6 cm³/mol. The Labute approximate surface area is 123 Å². The van der Waals surface area contributed by atoms with E-state index < -0.39 is 0 Å². The molecular weight excluding hydrogens is 262 g/mol. The van der Waals surface area contributed by atoms with Crippen LogP contribution in [-0.4, -0.2) is 26.1 Å². The first-order valence-corrected chi connectivity index (χ1v) is 7.23. The number of aromatic nitrogens is 4. The Balaban J connectivity index is 1.73. The molecule has 5 heteroatoms. The Morgan fingerprint density at radius 1 is 1.24 bits per heavy atom. The number of anilines is 1. The van der Waals surface area contributed by atoms with E-state index in [1.807, 2.05) is 6.92 Å². The van der Waals surface area contributed by atoms with Gasteiger partial charge in [-0.25, -0.2) is 4.98 Å². The van der Waals surface area contributed by atoms with E-state index in [0.717, 1.165) is 30.2 Å². The average molecular weight is 279 g/mol. The van der Waals surface area contributed by atoms with E-state index in [9.17, 15) is 0 Å². The summed E-state index contributed by atoms with van der Waals surface area (Å²) in [5.41, 5.74) is 4.72. The molecule has 0 saturated carbocycles. The monoisotopic (exact) mass is 279 g/mol. The van der Waals surface area contributed by atoms with Crippen molar-refractivity contribution in [3.8, 4) is 0 Å². The fourth-order valence-corrected chi connectivity index (χ4v) is 3.19. The summed E-state index contributed by atoms with van der Waals surface area (Å²) in [5.74, 6) is 2.12. The van der Waals surface area contributed by atoms with E-state index in [-0.39, 0.29) is 0 Å². The number of fused-ring (bicyclic) bond motifs is 2. The third kappa shape index (κ3) is 1.96. The molecule has 0 saturated heterocycles. The highest BCUT2D eigenvalue weighted by Gasteiger charge is 2.24. The van der Waals surface area contributed by atoms with Crippen molar-refractivity contribution in [1.29, 1.82) is 0 Å². The van der Waals surface area contributed by atoms with Gasteiger partial charge in [-0.2, -0.15) is 0 Å². The van der Waals surface area contributed by atoms with Crippen LogP contribution in [0, 0.1) is 13.8 Å². The van der Waals surface area contributed by atoms with Gasteiger partial charge in [0, 0.05) is 36.0 Å². The van der Waals surface area contributed by atoms with Crippen LogP contribution < -0.4 is 5.32 Å². The van der Waals surface area contributed by atoms with Gasteiger partial charge < -0.3 is 5.32 Å². The lowest BCUT2D eigenvalue weighted by Gasteiger charge is -2.10. The second-order valence-electron chi connectivity index (χ2n) is 5.66. The molecule has 0 aliphatic carbocycles. The van der Waals surface area contributed by atoms with Crippen molar-refractivity contribution in [1.82, 2.24) is 19.6 Å². The maximum absolute atomic E-state index is 4.45. The average Bonchev–Trinajstić information content (AvgIpc) is 3.04. The van der Waals surface area contributed by atoms with Crippen LogP contribution in [0.1, 0.15) is 28.7 Å². The molecule has 1 atom stereocenters. The zero-order valence-electron chi connectivity index (χ0n) is 12.2. The highest BCUT2D eigenvalue weighted by Crippen LogP contribution is 2.33. The van der Waals surface area contributed by atoms with Gasteiger partial charge in [0.2, 0.25) is 0 Å². The van der Waals surface area contributed by atoms with E-state index in [4.69, 9.17) is 0 Å². The van der Waals surface area contributed by atoms with Crippen LogP contribution in [0.2, 0.25) is 0 Å². The number of para-hydroxylation sites is 1. The van der Waals surface area contributed by atoms with Crippen molar-refractivity contribution in [3.63, 3.8) is 0 Å². The topological polar surface area (TPSA) is 55.1 Å². The van der Waals surface area contributed by atoms with Crippen molar-refractivity contribution >= 4 is 11.5 Å². The molecule has 1 unspecified atom stereocenters. The van der Waals surface area contributed by atoms with Crippen LogP contribution in [-0.2, 0) is 6.42 Å². The molecule has 0 radical (unpaired) electrons. The van der Waals surface area contributed by atoms with Crippen molar-refractivity contribution in [2.24, 2.45) is 0 Å². The lowest BCUT2D eigenvalue weighted by atomic mass is 9.97. The molecular formula is C16H17N5. The van der Waals surface area contributed by atoms with Crippen LogP contribution in [0.4, 0.5) is 5.69 Å². The molecule has 0 bridgehead atoms. The lowest BCUT2D eigenvalue weighted by molar-refractivity contribution is 0.701. The molecule has 5 nitrogen and oxygen atoms in total. The number of aryl methyl sites for hydroxylation is 2. The molecule has 2 aromatic heterocycles. The highest BCUT2D eigenvalue weighted by molar-refractivity contribution is 5.57. The van der Waals surface area contributed by atoms with Gasteiger partial charge in [-0.15, -0.1) is 10.2 Å². The van der Waals surface area contributed by atoms with Gasteiger partial charge >= 0.3 is 0 Å². The van der Waals surface area contributed by atoms with Crippen LogP contribution in [0.15, 0.2) is 30.3 Å². The minimum absolute atomic E-state index is 0.439. The molecule has 1 aromatic carbocycles.